The molecule has 9 heteroatoms. The molecule has 4 heterocycles. The standard InChI is InChI=1S/C46H34BN4O3.Pt/c1-46(2,3)33-26-43-45(48-29-33)51-41-28-36(24-25-42(41)53-47(51)54-43)52-35-19-12-18-34(27-35)49-30-50(40-23-11-10-22-39(40)49)44-37(31-14-6-4-7-15-31)20-13-21-38(44)32-16-8-5-9-17-32;/h4-26,29-30H,1-3H3;/q-3;. The van der Waals surface area contributed by atoms with Crippen LogP contribution in [0.5, 0.6) is 23.0 Å². The average molecular weight is 897 g/mol. The molecule has 7 nitrogen and oxygen atoms in total. The van der Waals surface area contributed by atoms with E-state index in [0.717, 1.165) is 50.6 Å². The minimum absolute atomic E-state index is 0. The molecule has 0 spiro atoms. The van der Waals surface area contributed by atoms with Crippen LogP contribution in [-0.2, 0) is 26.5 Å². The van der Waals surface area contributed by atoms with Crippen molar-refractivity contribution in [1.29, 1.82) is 0 Å². The molecule has 6 aromatic carbocycles. The number of aromatic nitrogens is 1. The van der Waals surface area contributed by atoms with Crippen LogP contribution in [0.25, 0.3) is 22.3 Å². The number of benzene rings is 6. The van der Waals surface area contributed by atoms with E-state index in [2.05, 4.69) is 153 Å². The van der Waals surface area contributed by atoms with Gasteiger partial charge in [0.1, 0.15) is 5.75 Å². The van der Waals surface area contributed by atoms with Crippen molar-refractivity contribution in [2.75, 3.05) is 14.6 Å². The minimum atomic E-state index is -0.637. The van der Waals surface area contributed by atoms with Gasteiger partial charge in [-0.05, 0) is 46.0 Å². The second kappa shape index (κ2) is 13.7. The van der Waals surface area contributed by atoms with E-state index in [0.29, 0.717) is 34.5 Å². The van der Waals surface area contributed by atoms with Crippen molar-refractivity contribution in [3.05, 3.63) is 170 Å². The van der Waals surface area contributed by atoms with Gasteiger partial charge >= 0.3 is 7.25 Å². The average Bonchev–Trinajstić information content (AvgIpc) is 3.88. The van der Waals surface area contributed by atoms with Gasteiger partial charge in [0.15, 0.2) is 5.82 Å². The molecule has 10 rings (SSSR count). The van der Waals surface area contributed by atoms with E-state index in [9.17, 15) is 0 Å². The van der Waals surface area contributed by atoms with Crippen molar-refractivity contribution in [3.63, 3.8) is 0 Å². The zero-order valence-corrected chi connectivity index (χ0v) is 32.6. The number of fused-ring (bicyclic) bond motifs is 6. The van der Waals surface area contributed by atoms with Gasteiger partial charge in [-0.1, -0.05) is 112 Å². The van der Waals surface area contributed by atoms with Gasteiger partial charge in [-0.25, -0.2) is 4.98 Å². The first-order valence-electron chi connectivity index (χ1n) is 18.0. The molecule has 3 aliphatic heterocycles. The molecule has 3 aliphatic rings. The molecule has 0 unspecified atom stereocenters. The minimum Gasteiger partial charge on any atom is -0.568 e. The molecule has 0 saturated heterocycles. The number of nitrogens with zero attached hydrogens (tertiary/aromatic N) is 4. The van der Waals surface area contributed by atoms with Gasteiger partial charge in [-0.15, -0.1) is 48.8 Å². The van der Waals surface area contributed by atoms with Crippen molar-refractivity contribution in [1.82, 2.24) is 4.98 Å². The summed E-state index contributed by atoms with van der Waals surface area (Å²) in [7, 11) is -0.637. The fraction of sp³-hybridized carbons (Fsp3) is 0.0870. The van der Waals surface area contributed by atoms with Gasteiger partial charge in [0.05, 0.1) is 0 Å². The molecule has 0 amide bonds. The van der Waals surface area contributed by atoms with Gasteiger partial charge in [0.25, 0.3) is 0 Å². The fourth-order valence-corrected chi connectivity index (χ4v) is 7.30. The Kier molecular flexibility index (Phi) is 8.66. The smallest absolute Gasteiger partial charge is 0.568 e. The molecular formula is C46H34BN4O3Pt-3. The maximum absolute atomic E-state index is 6.45. The van der Waals surface area contributed by atoms with E-state index in [-0.39, 0.29) is 26.5 Å². The molecule has 7 aromatic rings. The van der Waals surface area contributed by atoms with E-state index in [1.807, 2.05) is 47.4 Å². The molecule has 0 radical (unpaired) electrons. The third-order valence-electron chi connectivity index (χ3n) is 10.0. The quantitative estimate of drug-likeness (QED) is 0.122. The van der Waals surface area contributed by atoms with Crippen LogP contribution in [0, 0.1) is 18.8 Å². The van der Waals surface area contributed by atoms with Gasteiger partial charge < -0.3 is 28.7 Å². The third-order valence-corrected chi connectivity index (χ3v) is 10.0. The summed E-state index contributed by atoms with van der Waals surface area (Å²) < 4.78 is 18.8. The second-order valence-corrected chi connectivity index (χ2v) is 14.5. The zero-order valence-electron chi connectivity index (χ0n) is 30.3. The summed E-state index contributed by atoms with van der Waals surface area (Å²) >= 11 is 0. The summed E-state index contributed by atoms with van der Waals surface area (Å²) in [5, 5.41) is 0. The van der Waals surface area contributed by atoms with Crippen LogP contribution in [0.2, 0.25) is 0 Å². The summed E-state index contributed by atoms with van der Waals surface area (Å²) in [5.41, 5.74) is 10.4. The molecule has 0 N–H and O–H groups in total. The monoisotopic (exact) mass is 896 g/mol. The molecule has 272 valence electrons. The Hall–Kier alpha value is -5.98. The Morgan fingerprint density at radius 1 is 0.655 bits per heavy atom. The van der Waals surface area contributed by atoms with Crippen molar-refractivity contribution in [2.24, 2.45) is 0 Å². The topological polar surface area (TPSA) is 50.3 Å². The maximum Gasteiger partial charge on any atom is 0.730 e. The maximum atomic E-state index is 6.45. The van der Waals surface area contributed by atoms with Crippen LogP contribution in [0.1, 0.15) is 26.3 Å². The summed E-state index contributed by atoms with van der Waals surface area (Å²) in [6.45, 7) is 8.62. The van der Waals surface area contributed by atoms with Gasteiger partial charge in [0, 0.05) is 72.7 Å². The van der Waals surface area contributed by atoms with Crippen LogP contribution in [0.4, 0.5) is 34.3 Å². The molecule has 0 fully saturated rings. The van der Waals surface area contributed by atoms with Crippen molar-refractivity contribution in [2.45, 2.75) is 26.2 Å². The van der Waals surface area contributed by atoms with Gasteiger partial charge in [0.2, 0.25) is 0 Å². The van der Waals surface area contributed by atoms with E-state index in [4.69, 9.17) is 19.0 Å². The van der Waals surface area contributed by atoms with Crippen LogP contribution in [0.15, 0.2) is 146 Å². The number of rotatable bonds is 6. The largest absolute Gasteiger partial charge is 0.730 e. The Labute approximate surface area is 336 Å². The van der Waals surface area contributed by atoms with Crippen molar-refractivity contribution < 1.29 is 35.1 Å². The Morgan fingerprint density at radius 2 is 1.27 bits per heavy atom. The Bertz CT molecular complexity index is 2490. The third kappa shape index (κ3) is 6.11. The van der Waals surface area contributed by atoms with E-state index in [1.165, 1.54) is 0 Å². The first-order valence-corrected chi connectivity index (χ1v) is 18.0. The number of anilines is 6. The van der Waals surface area contributed by atoms with Gasteiger partial charge in [-0.3, -0.25) is 0 Å². The predicted octanol–water partition coefficient (Wildman–Crippen LogP) is 11.4. The van der Waals surface area contributed by atoms with E-state index >= 15 is 0 Å². The van der Waals surface area contributed by atoms with E-state index in [1.54, 1.807) is 0 Å². The summed E-state index contributed by atoms with van der Waals surface area (Å²) in [6.07, 6.45) is 1.90. The van der Waals surface area contributed by atoms with Crippen LogP contribution < -0.4 is 28.7 Å². The first-order chi connectivity index (χ1) is 26.4. The summed E-state index contributed by atoms with van der Waals surface area (Å²) in [5.74, 6) is 3.14. The SMILES string of the molecule is CC(C)(C)c1cnc2c(c1)OB1Oc3ccc(Oc4[c-]c(N5[CH-]N(c6c(-c7ccccc7)cccc6-c6ccccc6)c6ccccc65)ccc4)[c-]c3N12.[Pt]. The van der Waals surface area contributed by atoms with Gasteiger partial charge in [-0.2, -0.15) is 6.07 Å². The fourth-order valence-electron chi connectivity index (χ4n) is 7.30. The molecule has 0 saturated carbocycles. The normalized spacial score (nSPS) is 13.7. The molecule has 1 aromatic heterocycles. The summed E-state index contributed by atoms with van der Waals surface area (Å²) in [4.78, 5) is 11.1. The number of hydrogen-bond donors (Lipinski definition) is 0. The zero-order chi connectivity index (χ0) is 36.4. The van der Waals surface area contributed by atoms with Crippen molar-refractivity contribution in [3.8, 4) is 45.3 Å². The molecule has 55 heavy (non-hydrogen) atoms. The molecule has 0 bridgehead atoms. The Morgan fingerprint density at radius 3 is 1.96 bits per heavy atom. The number of hydrogen-bond acceptors (Lipinski definition) is 7. The number of ether oxygens (including phenoxy) is 1. The van der Waals surface area contributed by atoms with Crippen LogP contribution >= 0.6 is 0 Å². The predicted molar refractivity (Wildman–Crippen MR) is 215 cm³/mol. The summed E-state index contributed by atoms with van der Waals surface area (Å²) in [6, 6.07) is 54.8. The second-order valence-electron chi connectivity index (χ2n) is 14.5. The number of pyridine rings is 1. The number of para-hydroxylation sites is 3. The first kappa shape index (κ1) is 34.8. The Balaban J connectivity index is 0.00000397. The van der Waals surface area contributed by atoms with E-state index < -0.39 is 7.25 Å². The molecular weight excluding hydrogens is 862 g/mol. The molecule has 0 aliphatic carbocycles. The van der Waals surface area contributed by atoms with Crippen LogP contribution in [0.3, 0.4) is 0 Å². The van der Waals surface area contributed by atoms with Crippen molar-refractivity contribution >= 4 is 41.5 Å². The molecule has 0 atom stereocenters. The van der Waals surface area contributed by atoms with Crippen LogP contribution in [-0.4, -0.2) is 12.2 Å².